The SMILES string of the molecule is CCC(C)(C)[C@H]1CC[C@@H](N(C)Cc2cccnc2)CC1. The van der Waals surface area contributed by atoms with E-state index in [1.807, 2.05) is 18.5 Å². The van der Waals surface area contributed by atoms with Gasteiger partial charge in [0.05, 0.1) is 0 Å². The van der Waals surface area contributed by atoms with Gasteiger partial charge in [-0.25, -0.2) is 0 Å². The first-order valence-corrected chi connectivity index (χ1v) is 8.12. The summed E-state index contributed by atoms with van der Waals surface area (Å²) in [6.45, 7) is 8.25. The maximum atomic E-state index is 4.21. The summed E-state index contributed by atoms with van der Waals surface area (Å²) in [5, 5.41) is 0. The zero-order valence-corrected chi connectivity index (χ0v) is 13.6. The quantitative estimate of drug-likeness (QED) is 0.785. The van der Waals surface area contributed by atoms with Gasteiger partial charge in [0.1, 0.15) is 0 Å². The van der Waals surface area contributed by atoms with Gasteiger partial charge in [0.25, 0.3) is 0 Å². The minimum atomic E-state index is 0.521. The fourth-order valence-electron chi connectivity index (χ4n) is 3.50. The summed E-state index contributed by atoms with van der Waals surface area (Å²) in [6.07, 6.45) is 10.6. The molecule has 20 heavy (non-hydrogen) atoms. The van der Waals surface area contributed by atoms with Crippen molar-refractivity contribution in [1.82, 2.24) is 9.88 Å². The highest BCUT2D eigenvalue weighted by atomic mass is 15.1. The molecular weight excluding hydrogens is 244 g/mol. The molecule has 112 valence electrons. The lowest BCUT2D eigenvalue weighted by Crippen LogP contribution is -2.37. The standard InChI is InChI=1S/C18H30N2/c1-5-18(2,3)16-8-10-17(11-9-16)20(4)14-15-7-6-12-19-13-15/h6-7,12-13,16-17H,5,8-11,14H2,1-4H3/t16-,17+. The molecule has 1 fully saturated rings. The molecule has 1 heterocycles. The van der Waals surface area contributed by atoms with Crippen LogP contribution in [0.2, 0.25) is 0 Å². The van der Waals surface area contributed by atoms with E-state index < -0.39 is 0 Å². The molecule has 1 saturated carbocycles. The van der Waals surface area contributed by atoms with Crippen molar-refractivity contribution in [3.05, 3.63) is 30.1 Å². The Hall–Kier alpha value is -0.890. The van der Waals surface area contributed by atoms with E-state index in [1.54, 1.807) is 0 Å². The lowest BCUT2D eigenvalue weighted by molar-refractivity contribution is 0.0949. The largest absolute Gasteiger partial charge is 0.299 e. The molecule has 2 rings (SSSR count). The molecule has 0 aliphatic heterocycles. The Morgan fingerprint density at radius 1 is 1.25 bits per heavy atom. The zero-order valence-electron chi connectivity index (χ0n) is 13.6. The van der Waals surface area contributed by atoms with Crippen LogP contribution in [0.4, 0.5) is 0 Å². The number of hydrogen-bond acceptors (Lipinski definition) is 2. The molecule has 0 atom stereocenters. The Morgan fingerprint density at radius 3 is 2.50 bits per heavy atom. The van der Waals surface area contributed by atoms with Gasteiger partial charge in [0.2, 0.25) is 0 Å². The van der Waals surface area contributed by atoms with Crippen molar-refractivity contribution in [2.45, 2.75) is 65.5 Å². The van der Waals surface area contributed by atoms with Gasteiger partial charge in [-0.15, -0.1) is 0 Å². The Labute approximate surface area is 124 Å². The van der Waals surface area contributed by atoms with Crippen LogP contribution in [-0.2, 0) is 6.54 Å². The van der Waals surface area contributed by atoms with Crippen molar-refractivity contribution in [3.63, 3.8) is 0 Å². The van der Waals surface area contributed by atoms with Crippen LogP contribution in [0.25, 0.3) is 0 Å². The van der Waals surface area contributed by atoms with Crippen LogP contribution in [0.5, 0.6) is 0 Å². The second-order valence-corrected chi connectivity index (χ2v) is 7.12. The number of aromatic nitrogens is 1. The smallest absolute Gasteiger partial charge is 0.0312 e. The maximum absolute atomic E-state index is 4.21. The van der Waals surface area contributed by atoms with Crippen molar-refractivity contribution < 1.29 is 0 Å². The van der Waals surface area contributed by atoms with Crippen molar-refractivity contribution in [2.75, 3.05) is 7.05 Å². The summed E-state index contributed by atoms with van der Waals surface area (Å²) >= 11 is 0. The van der Waals surface area contributed by atoms with Crippen LogP contribution >= 0.6 is 0 Å². The third kappa shape index (κ3) is 3.82. The van der Waals surface area contributed by atoms with E-state index in [0.717, 1.165) is 18.5 Å². The van der Waals surface area contributed by atoms with E-state index in [9.17, 15) is 0 Å². The topological polar surface area (TPSA) is 16.1 Å². The molecule has 1 aromatic rings. The van der Waals surface area contributed by atoms with Gasteiger partial charge in [-0.05, 0) is 55.7 Å². The summed E-state index contributed by atoms with van der Waals surface area (Å²) < 4.78 is 0. The molecule has 0 unspecified atom stereocenters. The van der Waals surface area contributed by atoms with Crippen LogP contribution in [0.3, 0.4) is 0 Å². The van der Waals surface area contributed by atoms with Crippen LogP contribution in [0.1, 0.15) is 58.4 Å². The Balaban J connectivity index is 1.84. The van der Waals surface area contributed by atoms with Gasteiger partial charge < -0.3 is 0 Å². The molecule has 0 bridgehead atoms. The van der Waals surface area contributed by atoms with Gasteiger partial charge in [0, 0.05) is 25.0 Å². The lowest BCUT2D eigenvalue weighted by Gasteiger charge is -2.41. The number of rotatable bonds is 5. The summed E-state index contributed by atoms with van der Waals surface area (Å²) in [4.78, 5) is 6.73. The van der Waals surface area contributed by atoms with Crippen LogP contribution in [-0.4, -0.2) is 23.0 Å². The first-order valence-electron chi connectivity index (χ1n) is 8.12. The first kappa shape index (κ1) is 15.5. The molecule has 1 aliphatic rings. The number of pyridine rings is 1. The summed E-state index contributed by atoms with van der Waals surface area (Å²) in [5.74, 6) is 0.913. The van der Waals surface area contributed by atoms with Gasteiger partial charge in [-0.2, -0.15) is 0 Å². The van der Waals surface area contributed by atoms with E-state index in [-0.39, 0.29) is 0 Å². The average molecular weight is 274 g/mol. The predicted octanol–water partition coefficient (Wildman–Crippen LogP) is 4.51. The fraction of sp³-hybridized carbons (Fsp3) is 0.722. The highest BCUT2D eigenvalue weighted by molar-refractivity contribution is 5.08. The van der Waals surface area contributed by atoms with Crippen molar-refractivity contribution in [2.24, 2.45) is 11.3 Å². The molecule has 0 N–H and O–H groups in total. The average Bonchev–Trinajstić information content (AvgIpc) is 2.48. The monoisotopic (exact) mass is 274 g/mol. The van der Waals surface area contributed by atoms with Gasteiger partial charge in [-0.3, -0.25) is 9.88 Å². The minimum Gasteiger partial charge on any atom is -0.299 e. The van der Waals surface area contributed by atoms with Crippen molar-refractivity contribution >= 4 is 0 Å². The highest BCUT2D eigenvalue weighted by Crippen LogP contribution is 2.41. The fourth-order valence-corrected chi connectivity index (χ4v) is 3.50. The summed E-state index contributed by atoms with van der Waals surface area (Å²) in [5.41, 5.74) is 1.85. The molecular formula is C18H30N2. The second-order valence-electron chi connectivity index (χ2n) is 7.12. The Kier molecular flexibility index (Phi) is 5.20. The molecule has 1 aromatic heterocycles. The molecule has 0 radical (unpaired) electrons. The van der Waals surface area contributed by atoms with E-state index >= 15 is 0 Å². The number of nitrogens with zero attached hydrogens (tertiary/aromatic N) is 2. The summed E-state index contributed by atoms with van der Waals surface area (Å²) in [6, 6.07) is 4.96. The highest BCUT2D eigenvalue weighted by Gasteiger charge is 2.32. The maximum Gasteiger partial charge on any atom is 0.0312 e. The molecule has 0 saturated heterocycles. The van der Waals surface area contributed by atoms with E-state index in [0.29, 0.717) is 5.41 Å². The third-order valence-corrected chi connectivity index (χ3v) is 5.49. The molecule has 1 aliphatic carbocycles. The van der Waals surface area contributed by atoms with Gasteiger partial charge in [-0.1, -0.05) is 33.3 Å². The zero-order chi connectivity index (χ0) is 14.6. The predicted molar refractivity (Wildman–Crippen MR) is 85.5 cm³/mol. The van der Waals surface area contributed by atoms with Crippen LogP contribution < -0.4 is 0 Å². The van der Waals surface area contributed by atoms with E-state index in [1.165, 1.54) is 37.7 Å². The normalized spacial score (nSPS) is 24.1. The van der Waals surface area contributed by atoms with E-state index in [4.69, 9.17) is 0 Å². The Bertz CT molecular complexity index is 391. The van der Waals surface area contributed by atoms with Crippen LogP contribution in [0.15, 0.2) is 24.5 Å². The molecule has 0 amide bonds. The molecule has 0 spiro atoms. The van der Waals surface area contributed by atoms with Gasteiger partial charge in [0.15, 0.2) is 0 Å². The number of hydrogen-bond donors (Lipinski definition) is 0. The third-order valence-electron chi connectivity index (χ3n) is 5.49. The molecule has 0 aromatic carbocycles. The molecule has 2 nitrogen and oxygen atoms in total. The lowest BCUT2D eigenvalue weighted by atomic mass is 9.68. The van der Waals surface area contributed by atoms with E-state index in [2.05, 4.69) is 43.8 Å². The molecule has 2 heteroatoms. The minimum absolute atomic E-state index is 0.521. The second kappa shape index (κ2) is 6.71. The first-order chi connectivity index (χ1) is 9.53. The van der Waals surface area contributed by atoms with Gasteiger partial charge >= 0.3 is 0 Å². The summed E-state index contributed by atoms with van der Waals surface area (Å²) in [7, 11) is 2.27. The van der Waals surface area contributed by atoms with Crippen molar-refractivity contribution in [1.29, 1.82) is 0 Å². The Morgan fingerprint density at radius 2 is 1.95 bits per heavy atom. The van der Waals surface area contributed by atoms with Crippen molar-refractivity contribution in [3.8, 4) is 0 Å². The van der Waals surface area contributed by atoms with Crippen LogP contribution in [0, 0.1) is 11.3 Å².